The molecule has 0 aliphatic rings. The van der Waals surface area contributed by atoms with Gasteiger partial charge in [-0.1, -0.05) is 0 Å². The zero-order chi connectivity index (χ0) is 17.0. The first kappa shape index (κ1) is 16.5. The largest absolute Gasteiger partial charge is 0.439 e. The number of halogens is 3. The number of ether oxygens (including phenoxy) is 1. The predicted molar refractivity (Wildman–Crippen MR) is 77.0 cm³/mol. The summed E-state index contributed by atoms with van der Waals surface area (Å²) in [6.45, 7) is 3.51. The van der Waals surface area contributed by atoms with Gasteiger partial charge in [-0.3, -0.25) is 0 Å². The number of nitrogens with zero attached hydrogens (tertiary/aromatic N) is 3. The Hall–Kier alpha value is -2.82. The van der Waals surface area contributed by atoms with Gasteiger partial charge in [-0.05, 0) is 38.1 Å². The Kier molecular flexibility index (Phi) is 4.69. The molecule has 1 heterocycles. The first-order valence-electron chi connectivity index (χ1n) is 6.69. The molecule has 8 heteroatoms. The van der Waals surface area contributed by atoms with E-state index < -0.39 is 11.9 Å². The second-order valence-electron chi connectivity index (χ2n) is 4.95. The van der Waals surface area contributed by atoms with Crippen LogP contribution in [0.25, 0.3) is 0 Å². The van der Waals surface area contributed by atoms with Crippen molar-refractivity contribution in [3.63, 3.8) is 0 Å². The Labute approximate surface area is 130 Å². The fraction of sp³-hybridized carbons (Fsp3) is 0.267. The van der Waals surface area contributed by atoms with Crippen molar-refractivity contribution >= 4 is 5.95 Å². The average molecular weight is 322 g/mol. The Morgan fingerprint density at radius 1 is 1.17 bits per heavy atom. The molecule has 0 spiro atoms. The Morgan fingerprint density at radius 3 is 2.35 bits per heavy atom. The summed E-state index contributed by atoms with van der Waals surface area (Å²) in [6.07, 6.45) is -4.61. The summed E-state index contributed by atoms with van der Waals surface area (Å²) in [7, 11) is 0. The molecule has 5 nitrogen and oxygen atoms in total. The second kappa shape index (κ2) is 6.52. The van der Waals surface area contributed by atoms with Crippen LogP contribution in [0.3, 0.4) is 0 Å². The molecule has 0 aliphatic heterocycles. The highest BCUT2D eigenvalue weighted by molar-refractivity contribution is 5.38. The van der Waals surface area contributed by atoms with Crippen LogP contribution >= 0.6 is 0 Å². The minimum Gasteiger partial charge on any atom is -0.439 e. The van der Waals surface area contributed by atoms with Gasteiger partial charge in [0.15, 0.2) is 5.69 Å². The molecule has 1 N–H and O–H groups in total. The molecule has 0 atom stereocenters. The van der Waals surface area contributed by atoms with Crippen LogP contribution in [0.15, 0.2) is 30.3 Å². The third kappa shape index (κ3) is 4.57. The standard InChI is InChI=1S/C15H13F3N4O/c1-9(2)20-14-21-12(15(16,17)18)7-13(22-14)23-11-5-3-10(8-19)4-6-11/h3-7,9H,1-2H3,(H,20,21,22). The molecule has 1 aromatic carbocycles. The van der Waals surface area contributed by atoms with Crippen LogP contribution in [-0.2, 0) is 6.18 Å². The fourth-order valence-corrected chi connectivity index (χ4v) is 1.66. The van der Waals surface area contributed by atoms with E-state index in [2.05, 4.69) is 15.3 Å². The summed E-state index contributed by atoms with van der Waals surface area (Å²) in [5, 5.41) is 11.4. The summed E-state index contributed by atoms with van der Waals surface area (Å²) >= 11 is 0. The summed E-state index contributed by atoms with van der Waals surface area (Å²) in [5.41, 5.74) is -0.683. The fourth-order valence-electron chi connectivity index (χ4n) is 1.66. The topological polar surface area (TPSA) is 70.8 Å². The molecule has 0 unspecified atom stereocenters. The Bertz CT molecular complexity index is 721. The van der Waals surface area contributed by atoms with Gasteiger partial charge < -0.3 is 10.1 Å². The lowest BCUT2D eigenvalue weighted by Gasteiger charge is -2.13. The van der Waals surface area contributed by atoms with Crippen molar-refractivity contribution < 1.29 is 17.9 Å². The monoisotopic (exact) mass is 322 g/mol. The van der Waals surface area contributed by atoms with Crippen molar-refractivity contribution in [1.29, 1.82) is 5.26 Å². The molecule has 0 aliphatic carbocycles. The molecule has 2 aromatic rings. The van der Waals surface area contributed by atoms with Gasteiger partial charge in [-0.2, -0.15) is 23.4 Å². The van der Waals surface area contributed by atoms with Crippen molar-refractivity contribution in [3.8, 4) is 17.7 Å². The number of hydrogen-bond acceptors (Lipinski definition) is 5. The predicted octanol–water partition coefficient (Wildman–Crippen LogP) is 3.98. The van der Waals surface area contributed by atoms with Crippen LogP contribution in [0.5, 0.6) is 11.6 Å². The van der Waals surface area contributed by atoms with Crippen molar-refractivity contribution in [2.75, 3.05) is 5.32 Å². The van der Waals surface area contributed by atoms with E-state index in [1.165, 1.54) is 24.3 Å². The number of benzene rings is 1. The van der Waals surface area contributed by atoms with Gasteiger partial charge in [0, 0.05) is 12.1 Å². The molecule has 1 aromatic heterocycles. The molecule has 0 bridgehead atoms. The van der Waals surface area contributed by atoms with Crippen LogP contribution in [0.1, 0.15) is 25.1 Å². The lowest BCUT2D eigenvalue weighted by molar-refractivity contribution is -0.141. The number of anilines is 1. The zero-order valence-corrected chi connectivity index (χ0v) is 12.3. The van der Waals surface area contributed by atoms with Gasteiger partial charge in [0.2, 0.25) is 11.8 Å². The van der Waals surface area contributed by atoms with Crippen molar-refractivity contribution in [2.24, 2.45) is 0 Å². The molecular weight excluding hydrogens is 309 g/mol. The maximum absolute atomic E-state index is 12.9. The van der Waals surface area contributed by atoms with E-state index in [0.717, 1.165) is 6.07 Å². The van der Waals surface area contributed by atoms with Crippen LogP contribution in [0.2, 0.25) is 0 Å². The normalized spacial score (nSPS) is 11.2. The number of nitrogens with one attached hydrogen (secondary N) is 1. The van der Waals surface area contributed by atoms with Gasteiger partial charge in [0.25, 0.3) is 0 Å². The minimum atomic E-state index is -4.61. The molecular formula is C15H13F3N4O. The van der Waals surface area contributed by atoms with Crippen molar-refractivity contribution in [2.45, 2.75) is 26.1 Å². The molecule has 0 amide bonds. The third-order valence-electron chi connectivity index (χ3n) is 2.62. The SMILES string of the molecule is CC(C)Nc1nc(Oc2ccc(C#N)cc2)cc(C(F)(F)F)n1. The van der Waals surface area contributed by atoms with Gasteiger partial charge in [0.05, 0.1) is 11.6 Å². The first-order chi connectivity index (χ1) is 10.8. The molecule has 0 saturated heterocycles. The molecule has 2 rings (SSSR count). The Morgan fingerprint density at radius 2 is 1.83 bits per heavy atom. The van der Waals surface area contributed by atoms with Crippen LogP contribution in [0, 0.1) is 11.3 Å². The molecule has 120 valence electrons. The number of aromatic nitrogens is 2. The van der Waals surface area contributed by atoms with Crippen LogP contribution in [-0.4, -0.2) is 16.0 Å². The maximum atomic E-state index is 12.9. The second-order valence-corrected chi connectivity index (χ2v) is 4.95. The van der Waals surface area contributed by atoms with Gasteiger partial charge in [-0.25, -0.2) is 4.98 Å². The van der Waals surface area contributed by atoms with E-state index in [1.807, 2.05) is 6.07 Å². The van der Waals surface area contributed by atoms with E-state index >= 15 is 0 Å². The first-order valence-corrected chi connectivity index (χ1v) is 6.69. The number of nitriles is 1. The number of rotatable bonds is 4. The minimum absolute atomic E-state index is 0.138. The highest BCUT2D eigenvalue weighted by Crippen LogP contribution is 2.31. The van der Waals surface area contributed by atoms with Crippen molar-refractivity contribution in [3.05, 3.63) is 41.6 Å². The van der Waals surface area contributed by atoms with E-state index in [-0.39, 0.29) is 23.6 Å². The zero-order valence-electron chi connectivity index (χ0n) is 12.3. The summed E-state index contributed by atoms with van der Waals surface area (Å²) in [4.78, 5) is 7.36. The molecule has 0 saturated carbocycles. The average Bonchev–Trinajstić information content (AvgIpc) is 2.46. The molecule has 0 radical (unpaired) electrons. The quantitative estimate of drug-likeness (QED) is 0.922. The lowest BCUT2D eigenvalue weighted by Crippen LogP contribution is -2.16. The highest BCUT2D eigenvalue weighted by atomic mass is 19.4. The summed E-state index contributed by atoms with van der Waals surface area (Å²) < 4.78 is 44.1. The van der Waals surface area contributed by atoms with Crippen LogP contribution < -0.4 is 10.1 Å². The van der Waals surface area contributed by atoms with Crippen molar-refractivity contribution in [1.82, 2.24) is 9.97 Å². The third-order valence-corrected chi connectivity index (χ3v) is 2.62. The lowest BCUT2D eigenvalue weighted by atomic mass is 10.2. The molecule has 0 fully saturated rings. The van der Waals surface area contributed by atoms with Crippen LogP contribution in [0.4, 0.5) is 19.1 Å². The van der Waals surface area contributed by atoms with E-state index in [0.29, 0.717) is 5.56 Å². The number of alkyl halides is 3. The number of hydrogen-bond donors (Lipinski definition) is 1. The van der Waals surface area contributed by atoms with E-state index in [4.69, 9.17) is 10.00 Å². The highest BCUT2D eigenvalue weighted by Gasteiger charge is 2.34. The van der Waals surface area contributed by atoms with Gasteiger partial charge in [0.1, 0.15) is 5.75 Å². The Balaban J connectivity index is 2.34. The van der Waals surface area contributed by atoms with Gasteiger partial charge in [-0.15, -0.1) is 0 Å². The van der Waals surface area contributed by atoms with Gasteiger partial charge >= 0.3 is 6.18 Å². The summed E-state index contributed by atoms with van der Waals surface area (Å²) in [6, 6.07) is 8.47. The molecule has 23 heavy (non-hydrogen) atoms. The smallest absolute Gasteiger partial charge is 0.433 e. The van der Waals surface area contributed by atoms with E-state index in [1.54, 1.807) is 13.8 Å². The summed E-state index contributed by atoms with van der Waals surface area (Å²) in [5.74, 6) is -0.134. The van der Waals surface area contributed by atoms with E-state index in [9.17, 15) is 13.2 Å². The maximum Gasteiger partial charge on any atom is 0.433 e.